The van der Waals surface area contributed by atoms with Crippen LogP contribution >= 0.6 is 11.5 Å². The highest BCUT2D eigenvalue weighted by Gasteiger charge is 2.27. The van der Waals surface area contributed by atoms with Crippen LogP contribution in [0.3, 0.4) is 0 Å². The van der Waals surface area contributed by atoms with Crippen molar-refractivity contribution in [3.8, 4) is 11.4 Å². The standard InChI is InChI=1S/C16H21N5OS/c1-11(2)20-7-9-21(10-8-20)16(22)15-13(17)14(19-23-15)12-5-3-4-6-18-12/h3-6,11H,7-10,17H2,1-2H3. The van der Waals surface area contributed by atoms with E-state index in [0.717, 1.165) is 37.7 Å². The van der Waals surface area contributed by atoms with E-state index in [1.165, 1.54) is 0 Å². The van der Waals surface area contributed by atoms with Crippen molar-refractivity contribution in [2.45, 2.75) is 19.9 Å². The van der Waals surface area contributed by atoms with Gasteiger partial charge in [0.05, 0.1) is 11.4 Å². The van der Waals surface area contributed by atoms with Crippen LogP contribution in [0.4, 0.5) is 5.69 Å². The molecule has 1 aliphatic heterocycles. The van der Waals surface area contributed by atoms with Crippen molar-refractivity contribution in [1.82, 2.24) is 19.2 Å². The number of hydrogen-bond donors (Lipinski definition) is 1. The summed E-state index contributed by atoms with van der Waals surface area (Å²) in [5, 5.41) is 0. The molecule has 0 unspecified atom stereocenters. The Kier molecular flexibility index (Phi) is 4.58. The SMILES string of the molecule is CC(C)N1CCN(C(=O)c2snc(-c3ccccn3)c2N)CC1. The van der Waals surface area contributed by atoms with Gasteiger partial charge in [-0.3, -0.25) is 14.7 Å². The Labute approximate surface area is 140 Å². The Bertz CT molecular complexity index is 677. The number of piperazine rings is 1. The van der Waals surface area contributed by atoms with Gasteiger partial charge in [-0.25, -0.2) is 0 Å². The summed E-state index contributed by atoms with van der Waals surface area (Å²) < 4.78 is 4.34. The van der Waals surface area contributed by atoms with Crippen LogP contribution in [0.1, 0.15) is 23.5 Å². The average Bonchev–Trinajstić information content (AvgIpc) is 2.96. The largest absolute Gasteiger partial charge is 0.396 e. The molecule has 0 spiro atoms. The number of rotatable bonds is 3. The quantitative estimate of drug-likeness (QED) is 0.930. The molecule has 1 amide bonds. The van der Waals surface area contributed by atoms with Crippen molar-refractivity contribution in [2.75, 3.05) is 31.9 Å². The van der Waals surface area contributed by atoms with Gasteiger partial charge >= 0.3 is 0 Å². The van der Waals surface area contributed by atoms with Crippen LogP contribution in [0.5, 0.6) is 0 Å². The van der Waals surface area contributed by atoms with Crippen molar-refractivity contribution >= 4 is 23.1 Å². The van der Waals surface area contributed by atoms with Crippen molar-refractivity contribution in [3.05, 3.63) is 29.3 Å². The van der Waals surface area contributed by atoms with Gasteiger partial charge in [0.15, 0.2) is 0 Å². The predicted molar refractivity (Wildman–Crippen MR) is 92.4 cm³/mol. The average molecular weight is 331 g/mol. The molecule has 1 fully saturated rings. The van der Waals surface area contributed by atoms with Gasteiger partial charge in [0.1, 0.15) is 10.6 Å². The number of nitrogens with zero attached hydrogens (tertiary/aromatic N) is 4. The number of pyridine rings is 1. The van der Waals surface area contributed by atoms with E-state index in [2.05, 4.69) is 28.1 Å². The van der Waals surface area contributed by atoms with Gasteiger partial charge in [0, 0.05) is 38.4 Å². The summed E-state index contributed by atoms with van der Waals surface area (Å²) in [5.74, 6) is -0.0226. The van der Waals surface area contributed by atoms with Crippen LogP contribution in [-0.4, -0.2) is 57.3 Å². The van der Waals surface area contributed by atoms with Crippen LogP contribution in [0.15, 0.2) is 24.4 Å². The molecular formula is C16H21N5OS. The van der Waals surface area contributed by atoms with E-state index < -0.39 is 0 Å². The zero-order chi connectivity index (χ0) is 16.4. The number of nitrogen functional groups attached to an aromatic ring is 1. The highest BCUT2D eigenvalue weighted by molar-refractivity contribution is 7.09. The Morgan fingerprint density at radius 3 is 2.61 bits per heavy atom. The monoisotopic (exact) mass is 331 g/mol. The lowest BCUT2D eigenvalue weighted by atomic mass is 10.2. The Hall–Kier alpha value is -1.99. The first-order chi connectivity index (χ1) is 11.1. The molecule has 2 aromatic heterocycles. The van der Waals surface area contributed by atoms with E-state index in [9.17, 15) is 4.79 Å². The zero-order valence-corrected chi connectivity index (χ0v) is 14.2. The molecule has 7 heteroatoms. The van der Waals surface area contributed by atoms with Crippen molar-refractivity contribution in [3.63, 3.8) is 0 Å². The molecule has 0 bridgehead atoms. The molecule has 1 saturated heterocycles. The minimum atomic E-state index is -0.0226. The summed E-state index contributed by atoms with van der Waals surface area (Å²) in [4.78, 5) is 21.7. The number of aromatic nitrogens is 2. The smallest absolute Gasteiger partial charge is 0.267 e. The second kappa shape index (κ2) is 6.64. The fourth-order valence-electron chi connectivity index (χ4n) is 2.72. The van der Waals surface area contributed by atoms with E-state index in [1.807, 2.05) is 23.1 Å². The zero-order valence-electron chi connectivity index (χ0n) is 13.4. The summed E-state index contributed by atoms with van der Waals surface area (Å²) in [7, 11) is 0. The number of anilines is 1. The fourth-order valence-corrected chi connectivity index (χ4v) is 3.50. The molecule has 0 aromatic carbocycles. The van der Waals surface area contributed by atoms with Gasteiger partial charge in [-0.15, -0.1) is 0 Å². The van der Waals surface area contributed by atoms with E-state index in [0.29, 0.717) is 28.0 Å². The van der Waals surface area contributed by atoms with E-state index >= 15 is 0 Å². The van der Waals surface area contributed by atoms with Crippen LogP contribution in [-0.2, 0) is 0 Å². The van der Waals surface area contributed by atoms with Crippen molar-refractivity contribution in [1.29, 1.82) is 0 Å². The molecule has 3 heterocycles. The van der Waals surface area contributed by atoms with Crippen molar-refractivity contribution in [2.24, 2.45) is 0 Å². The van der Waals surface area contributed by atoms with Crippen molar-refractivity contribution < 1.29 is 4.79 Å². The molecule has 2 aromatic rings. The number of nitrogens with two attached hydrogens (primary N) is 1. The Morgan fingerprint density at radius 2 is 2.00 bits per heavy atom. The van der Waals surface area contributed by atoms with Crippen LogP contribution < -0.4 is 5.73 Å². The Balaban J connectivity index is 1.76. The molecule has 0 saturated carbocycles. The molecule has 0 radical (unpaired) electrons. The lowest BCUT2D eigenvalue weighted by Gasteiger charge is -2.36. The maximum absolute atomic E-state index is 12.7. The predicted octanol–water partition coefficient (Wildman–Crippen LogP) is 1.95. The number of amides is 1. The maximum Gasteiger partial charge on any atom is 0.267 e. The lowest BCUT2D eigenvalue weighted by molar-refractivity contribution is 0.0601. The molecule has 23 heavy (non-hydrogen) atoms. The summed E-state index contributed by atoms with van der Waals surface area (Å²) in [6, 6.07) is 6.08. The molecule has 0 aliphatic carbocycles. The first-order valence-corrected chi connectivity index (χ1v) is 8.55. The lowest BCUT2D eigenvalue weighted by Crippen LogP contribution is -2.50. The van der Waals surface area contributed by atoms with Crippen LogP contribution in [0.2, 0.25) is 0 Å². The fraction of sp³-hybridized carbons (Fsp3) is 0.438. The first kappa shape index (κ1) is 15.9. The highest BCUT2D eigenvalue weighted by atomic mass is 32.1. The minimum absolute atomic E-state index is 0.0226. The van der Waals surface area contributed by atoms with Crippen LogP contribution in [0.25, 0.3) is 11.4 Å². The number of carbonyl (C=O) groups is 1. The summed E-state index contributed by atoms with van der Waals surface area (Å²) in [6.07, 6.45) is 1.70. The molecule has 3 rings (SSSR count). The molecule has 122 valence electrons. The van der Waals surface area contributed by atoms with Gasteiger partial charge < -0.3 is 10.6 Å². The van der Waals surface area contributed by atoms with Gasteiger partial charge in [0.2, 0.25) is 0 Å². The molecule has 0 atom stereocenters. The Morgan fingerprint density at radius 1 is 1.26 bits per heavy atom. The summed E-state index contributed by atoms with van der Waals surface area (Å²) >= 11 is 1.16. The molecule has 6 nitrogen and oxygen atoms in total. The second-order valence-electron chi connectivity index (χ2n) is 5.91. The number of carbonyl (C=O) groups excluding carboxylic acids is 1. The third-order valence-electron chi connectivity index (χ3n) is 4.16. The third-order valence-corrected chi connectivity index (χ3v) is 5.01. The highest BCUT2D eigenvalue weighted by Crippen LogP contribution is 2.30. The second-order valence-corrected chi connectivity index (χ2v) is 6.68. The minimum Gasteiger partial charge on any atom is -0.396 e. The van der Waals surface area contributed by atoms with E-state index in [4.69, 9.17) is 5.73 Å². The summed E-state index contributed by atoms with van der Waals surface area (Å²) in [5.41, 5.74) is 7.90. The van der Waals surface area contributed by atoms with E-state index in [1.54, 1.807) is 6.20 Å². The topological polar surface area (TPSA) is 75.3 Å². The summed E-state index contributed by atoms with van der Waals surface area (Å²) in [6.45, 7) is 7.61. The third kappa shape index (κ3) is 3.20. The normalized spacial score (nSPS) is 16.0. The first-order valence-electron chi connectivity index (χ1n) is 7.78. The van der Waals surface area contributed by atoms with Gasteiger partial charge in [0.25, 0.3) is 5.91 Å². The number of hydrogen-bond acceptors (Lipinski definition) is 6. The molecule has 1 aliphatic rings. The molecule has 2 N–H and O–H groups in total. The van der Waals surface area contributed by atoms with Gasteiger partial charge in [-0.1, -0.05) is 6.07 Å². The van der Waals surface area contributed by atoms with E-state index in [-0.39, 0.29) is 5.91 Å². The van der Waals surface area contributed by atoms with Crippen LogP contribution in [0, 0.1) is 0 Å². The molecular weight excluding hydrogens is 310 g/mol. The van der Waals surface area contributed by atoms with Gasteiger partial charge in [-0.05, 0) is 37.5 Å². The van der Waals surface area contributed by atoms with Gasteiger partial charge in [-0.2, -0.15) is 4.37 Å². The maximum atomic E-state index is 12.7.